The van der Waals surface area contributed by atoms with E-state index in [0.717, 1.165) is 37.1 Å². The molecule has 37 heavy (non-hydrogen) atoms. The zero-order chi connectivity index (χ0) is 27.5. The second kappa shape index (κ2) is 14.3. The van der Waals surface area contributed by atoms with E-state index in [1.54, 1.807) is 23.1 Å². The lowest BCUT2D eigenvalue weighted by molar-refractivity contribution is 0.0787. The van der Waals surface area contributed by atoms with Crippen molar-refractivity contribution in [3.8, 4) is 11.8 Å². The van der Waals surface area contributed by atoms with Crippen LogP contribution in [0.3, 0.4) is 0 Å². The van der Waals surface area contributed by atoms with Crippen molar-refractivity contribution in [3.63, 3.8) is 0 Å². The smallest absolute Gasteiger partial charge is 0.254 e. The van der Waals surface area contributed by atoms with Gasteiger partial charge in [-0.2, -0.15) is 5.26 Å². The highest BCUT2D eigenvalue weighted by Crippen LogP contribution is 2.22. The number of rotatable bonds is 3. The van der Waals surface area contributed by atoms with Crippen molar-refractivity contribution >= 4 is 17.5 Å². The molecule has 1 unspecified atom stereocenters. The number of nitriles is 1. The van der Waals surface area contributed by atoms with Gasteiger partial charge >= 0.3 is 0 Å². The van der Waals surface area contributed by atoms with Crippen LogP contribution in [-0.4, -0.2) is 31.0 Å². The number of hydrogen-bond acceptors (Lipinski definition) is 3. The van der Waals surface area contributed by atoms with E-state index in [-0.39, 0.29) is 17.5 Å². The first-order valence-corrected chi connectivity index (χ1v) is 12.5. The maximum atomic E-state index is 13.2. The predicted molar refractivity (Wildman–Crippen MR) is 144 cm³/mol. The van der Waals surface area contributed by atoms with Crippen molar-refractivity contribution in [2.45, 2.75) is 40.5 Å². The van der Waals surface area contributed by atoms with E-state index in [1.807, 2.05) is 39.0 Å². The molecule has 1 aliphatic heterocycles. The standard InChI is InChI=1S/C13H16FNO2.C9H11F.C8H6ClN/c1-9-5-6-15(8-9)13(16)10-3-4-11(14)12(7-10)17-2;1-3-8-6-9(10)5-4-7(8)2;1-6-2-3-7(5-10)8(9)4-6/h3-4,7,9H,5-6,8H2,1-2H3;4-6H,3H2,1-2H3;2-4H,1H3. The van der Waals surface area contributed by atoms with Crippen LogP contribution in [0, 0.1) is 42.7 Å². The molecule has 1 saturated heterocycles. The molecule has 0 radical (unpaired) electrons. The molecular formula is C30H33ClF2N2O2. The SMILES string of the molecule is CCc1cc(F)ccc1C.COc1cc(C(=O)N2CCC(C)C2)ccc1F.Cc1ccc(C#N)c(Cl)c1. The summed E-state index contributed by atoms with van der Waals surface area (Å²) in [7, 11) is 1.39. The number of benzene rings is 3. The highest BCUT2D eigenvalue weighted by Gasteiger charge is 2.24. The summed E-state index contributed by atoms with van der Waals surface area (Å²) >= 11 is 5.71. The lowest BCUT2D eigenvalue weighted by Crippen LogP contribution is -2.28. The summed E-state index contributed by atoms with van der Waals surface area (Å²) in [5.74, 6) is 0.0262. The third-order valence-corrected chi connectivity index (χ3v) is 6.36. The Morgan fingerprint density at radius 3 is 2.41 bits per heavy atom. The molecule has 1 atom stereocenters. The van der Waals surface area contributed by atoms with Crippen LogP contribution in [0.1, 0.15) is 52.9 Å². The van der Waals surface area contributed by atoms with Crippen LogP contribution in [0.15, 0.2) is 54.6 Å². The monoisotopic (exact) mass is 526 g/mol. The molecule has 0 saturated carbocycles. The lowest BCUT2D eigenvalue weighted by atomic mass is 10.1. The van der Waals surface area contributed by atoms with E-state index in [4.69, 9.17) is 21.6 Å². The Kier molecular flexibility index (Phi) is 11.6. The highest BCUT2D eigenvalue weighted by molar-refractivity contribution is 6.31. The summed E-state index contributed by atoms with van der Waals surface area (Å²) in [5.41, 5.74) is 4.36. The van der Waals surface area contributed by atoms with E-state index in [1.165, 1.54) is 36.9 Å². The van der Waals surface area contributed by atoms with Crippen molar-refractivity contribution in [3.05, 3.63) is 99.1 Å². The van der Waals surface area contributed by atoms with Gasteiger partial charge in [-0.05, 0) is 91.8 Å². The van der Waals surface area contributed by atoms with Crippen LogP contribution < -0.4 is 4.74 Å². The molecule has 0 N–H and O–H groups in total. The van der Waals surface area contributed by atoms with Crippen LogP contribution in [0.5, 0.6) is 5.75 Å². The number of nitrogens with zero attached hydrogens (tertiary/aromatic N) is 2. The predicted octanol–water partition coefficient (Wildman–Crippen LogP) is 7.53. The molecule has 0 aromatic heterocycles. The maximum absolute atomic E-state index is 13.2. The molecule has 3 aromatic carbocycles. The Labute approximate surface area is 223 Å². The fourth-order valence-electron chi connectivity index (χ4n) is 3.83. The number of ether oxygens (including phenoxy) is 1. The number of carbonyl (C=O) groups is 1. The van der Waals surface area contributed by atoms with E-state index < -0.39 is 5.82 Å². The molecule has 4 rings (SSSR count). The second-order valence-corrected chi connectivity index (χ2v) is 9.42. The molecule has 0 spiro atoms. The van der Waals surface area contributed by atoms with Gasteiger partial charge in [-0.1, -0.05) is 37.6 Å². The second-order valence-electron chi connectivity index (χ2n) is 9.01. The van der Waals surface area contributed by atoms with Gasteiger partial charge in [0.1, 0.15) is 11.9 Å². The summed E-state index contributed by atoms with van der Waals surface area (Å²) in [6.45, 7) is 9.64. The zero-order valence-corrected chi connectivity index (χ0v) is 22.7. The molecule has 3 aromatic rings. The summed E-state index contributed by atoms with van der Waals surface area (Å²) in [5, 5.41) is 9.00. The van der Waals surface area contributed by atoms with Crippen LogP contribution in [-0.2, 0) is 6.42 Å². The van der Waals surface area contributed by atoms with E-state index in [0.29, 0.717) is 22.1 Å². The van der Waals surface area contributed by atoms with Crippen LogP contribution >= 0.6 is 11.6 Å². The number of methoxy groups -OCH3 is 1. The van der Waals surface area contributed by atoms with Gasteiger partial charge < -0.3 is 9.64 Å². The lowest BCUT2D eigenvalue weighted by Gasteiger charge is -2.16. The van der Waals surface area contributed by atoms with Crippen molar-refractivity contribution in [2.24, 2.45) is 5.92 Å². The summed E-state index contributed by atoms with van der Waals surface area (Å²) in [6.07, 6.45) is 1.94. The van der Waals surface area contributed by atoms with Gasteiger partial charge in [0, 0.05) is 18.7 Å². The molecule has 4 nitrogen and oxygen atoms in total. The molecule has 196 valence electrons. The Balaban J connectivity index is 0.000000208. The normalized spacial score (nSPS) is 14.0. The number of aryl methyl sites for hydroxylation is 3. The molecule has 7 heteroatoms. The van der Waals surface area contributed by atoms with Crippen molar-refractivity contribution in [2.75, 3.05) is 20.2 Å². The first-order valence-electron chi connectivity index (χ1n) is 12.1. The largest absolute Gasteiger partial charge is 0.494 e. The van der Waals surface area contributed by atoms with E-state index in [2.05, 4.69) is 6.92 Å². The number of amides is 1. The minimum atomic E-state index is -0.446. The van der Waals surface area contributed by atoms with Gasteiger partial charge in [0.25, 0.3) is 5.91 Å². The minimum absolute atomic E-state index is 0.0485. The van der Waals surface area contributed by atoms with Gasteiger partial charge in [0.2, 0.25) is 0 Å². The van der Waals surface area contributed by atoms with Gasteiger partial charge in [-0.15, -0.1) is 0 Å². The summed E-state index contributed by atoms with van der Waals surface area (Å²) in [6, 6.07) is 16.5. The quantitative estimate of drug-likeness (QED) is 0.354. The van der Waals surface area contributed by atoms with Crippen molar-refractivity contribution in [1.82, 2.24) is 4.90 Å². The number of likely N-dealkylation sites (tertiary alicyclic amines) is 1. The molecule has 1 heterocycles. The van der Waals surface area contributed by atoms with Gasteiger partial charge in [-0.3, -0.25) is 4.79 Å². The first kappa shape index (κ1) is 29.8. The summed E-state index contributed by atoms with van der Waals surface area (Å²) in [4.78, 5) is 13.9. The number of halogens is 3. The Morgan fingerprint density at radius 2 is 1.86 bits per heavy atom. The van der Waals surface area contributed by atoms with Crippen LogP contribution in [0.2, 0.25) is 5.02 Å². The average Bonchev–Trinajstić information content (AvgIpc) is 3.32. The molecule has 0 aliphatic carbocycles. The first-order chi connectivity index (χ1) is 17.6. The Morgan fingerprint density at radius 1 is 1.14 bits per heavy atom. The van der Waals surface area contributed by atoms with E-state index in [9.17, 15) is 13.6 Å². The number of hydrogen-bond donors (Lipinski definition) is 0. The highest BCUT2D eigenvalue weighted by atomic mass is 35.5. The van der Waals surface area contributed by atoms with Crippen molar-refractivity contribution in [1.29, 1.82) is 5.26 Å². The third kappa shape index (κ3) is 8.87. The van der Waals surface area contributed by atoms with Crippen LogP contribution in [0.25, 0.3) is 0 Å². The minimum Gasteiger partial charge on any atom is -0.494 e. The fourth-order valence-corrected chi connectivity index (χ4v) is 4.10. The number of carbonyl (C=O) groups excluding carboxylic acids is 1. The third-order valence-electron chi connectivity index (χ3n) is 6.05. The maximum Gasteiger partial charge on any atom is 0.254 e. The van der Waals surface area contributed by atoms with Crippen LogP contribution in [0.4, 0.5) is 8.78 Å². The topological polar surface area (TPSA) is 53.3 Å². The van der Waals surface area contributed by atoms with Gasteiger partial charge in [0.05, 0.1) is 17.7 Å². The molecule has 1 aliphatic rings. The molecule has 1 fully saturated rings. The Bertz CT molecular complexity index is 1250. The van der Waals surface area contributed by atoms with Gasteiger partial charge in [-0.25, -0.2) is 8.78 Å². The Hall–Kier alpha value is -3.43. The fraction of sp³-hybridized carbons (Fsp3) is 0.333. The zero-order valence-electron chi connectivity index (χ0n) is 21.9. The van der Waals surface area contributed by atoms with Crippen molar-refractivity contribution < 1.29 is 18.3 Å². The average molecular weight is 527 g/mol. The van der Waals surface area contributed by atoms with Gasteiger partial charge in [0.15, 0.2) is 11.6 Å². The van der Waals surface area contributed by atoms with E-state index >= 15 is 0 Å². The summed E-state index contributed by atoms with van der Waals surface area (Å²) < 4.78 is 30.6. The molecular weight excluding hydrogens is 494 g/mol. The molecule has 1 amide bonds. The molecule has 0 bridgehead atoms.